The molecule has 0 aliphatic heterocycles. The summed E-state index contributed by atoms with van der Waals surface area (Å²) >= 11 is 0. The number of nitrogens with two attached hydrogens (primary N) is 1. The molecule has 0 saturated carbocycles. The Kier molecular flexibility index (Phi) is 5.15. The fourth-order valence-electron chi connectivity index (χ4n) is 1.14. The second-order valence-corrected chi connectivity index (χ2v) is 2.97. The maximum absolute atomic E-state index is 13.2. The van der Waals surface area contributed by atoms with Crippen molar-refractivity contribution >= 4 is 12.4 Å². The van der Waals surface area contributed by atoms with Gasteiger partial charge in [0.05, 0.1) is 11.6 Å². The highest BCUT2D eigenvalue weighted by molar-refractivity contribution is 5.85. The summed E-state index contributed by atoms with van der Waals surface area (Å²) in [5.74, 6) is -1.50. The molecular formula is C9H9ClF5N. The normalized spacial score (nSPS) is 13.1. The first-order chi connectivity index (χ1) is 6.88. The zero-order valence-corrected chi connectivity index (χ0v) is 8.71. The third-order valence-corrected chi connectivity index (χ3v) is 1.90. The number of hydrogen-bond donors (Lipinski definition) is 1. The van der Waals surface area contributed by atoms with Gasteiger partial charge in [-0.2, -0.15) is 13.2 Å². The molecule has 1 aromatic rings. The number of rotatable bonds is 2. The van der Waals surface area contributed by atoms with Crippen LogP contribution in [0.4, 0.5) is 22.0 Å². The average Bonchev–Trinajstić information content (AvgIpc) is 2.15. The van der Waals surface area contributed by atoms with Crippen molar-refractivity contribution in [3.05, 3.63) is 35.1 Å². The minimum atomic E-state index is -4.80. The zero-order valence-electron chi connectivity index (χ0n) is 7.89. The van der Waals surface area contributed by atoms with Gasteiger partial charge >= 0.3 is 6.18 Å². The van der Waals surface area contributed by atoms with E-state index >= 15 is 0 Å². The van der Waals surface area contributed by atoms with E-state index in [1.165, 1.54) is 0 Å². The van der Waals surface area contributed by atoms with Crippen molar-refractivity contribution in [3.63, 3.8) is 0 Å². The third-order valence-electron chi connectivity index (χ3n) is 1.90. The Morgan fingerprint density at radius 3 is 2.25 bits per heavy atom. The van der Waals surface area contributed by atoms with Gasteiger partial charge in [-0.05, 0) is 6.07 Å². The molecule has 1 rings (SSSR count). The minimum Gasteiger partial charge on any atom is -0.322 e. The van der Waals surface area contributed by atoms with Crippen molar-refractivity contribution in [3.8, 4) is 0 Å². The molecule has 0 unspecified atom stereocenters. The second kappa shape index (κ2) is 5.45. The fraction of sp³-hybridized carbons (Fsp3) is 0.333. The van der Waals surface area contributed by atoms with Crippen LogP contribution < -0.4 is 5.73 Å². The monoisotopic (exact) mass is 261 g/mol. The molecule has 0 fully saturated rings. The first-order valence-electron chi connectivity index (χ1n) is 4.05. The van der Waals surface area contributed by atoms with Crippen molar-refractivity contribution in [1.29, 1.82) is 0 Å². The Labute approximate surface area is 94.8 Å². The van der Waals surface area contributed by atoms with Crippen LogP contribution in [-0.2, 0) is 6.18 Å². The van der Waals surface area contributed by atoms with Gasteiger partial charge in [-0.3, -0.25) is 0 Å². The highest BCUT2D eigenvalue weighted by atomic mass is 35.5. The lowest BCUT2D eigenvalue weighted by atomic mass is 10.0. The van der Waals surface area contributed by atoms with Crippen molar-refractivity contribution in [2.45, 2.75) is 12.2 Å². The lowest BCUT2D eigenvalue weighted by Crippen LogP contribution is -2.17. The highest BCUT2D eigenvalue weighted by Crippen LogP contribution is 2.33. The SMILES string of the molecule is Cl.N[C@@H](CF)c1cccc(C(F)(F)F)c1F. The molecule has 0 spiro atoms. The van der Waals surface area contributed by atoms with E-state index in [1.54, 1.807) is 0 Å². The van der Waals surface area contributed by atoms with Crippen LogP contribution in [0.25, 0.3) is 0 Å². The van der Waals surface area contributed by atoms with Crippen LogP contribution in [-0.4, -0.2) is 6.67 Å². The van der Waals surface area contributed by atoms with Gasteiger partial charge < -0.3 is 5.73 Å². The molecular weight excluding hydrogens is 253 g/mol. The maximum atomic E-state index is 13.2. The highest BCUT2D eigenvalue weighted by Gasteiger charge is 2.35. The van der Waals surface area contributed by atoms with Crippen LogP contribution in [0, 0.1) is 5.82 Å². The Morgan fingerprint density at radius 1 is 1.25 bits per heavy atom. The van der Waals surface area contributed by atoms with Crippen LogP contribution in [0.15, 0.2) is 18.2 Å². The molecule has 0 amide bonds. The average molecular weight is 262 g/mol. The topological polar surface area (TPSA) is 26.0 Å². The van der Waals surface area contributed by atoms with Crippen LogP contribution in [0.2, 0.25) is 0 Å². The molecule has 92 valence electrons. The van der Waals surface area contributed by atoms with E-state index in [0.717, 1.165) is 12.1 Å². The zero-order chi connectivity index (χ0) is 11.6. The third kappa shape index (κ3) is 3.05. The largest absolute Gasteiger partial charge is 0.419 e. The first kappa shape index (κ1) is 15.1. The van der Waals surface area contributed by atoms with Gasteiger partial charge in [0, 0.05) is 5.56 Å². The molecule has 16 heavy (non-hydrogen) atoms. The van der Waals surface area contributed by atoms with Crippen molar-refractivity contribution < 1.29 is 22.0 Å². The Balaban J connectivity index is 0.00000225. The summed E-state index contributed by atoms with van der Waals surface area (Å²) in [6.45, 7) is -1.11. The Morgan fingerprint density at radius 2 is 1.81 bits per heavy atom. The predicted molar refractivity (Wildman–Crippen MR) is 51.6 cm³/mol. The van der Waals surface area contributed by atoms with E-state index in [-0.39, 0.29) is 12.4 Å². The maximum Gasteiger partial charge on any atom is 0.419 e. The van der Waals surface area contributed by atoms with Gasteiger partial charge in [0.2, 0.25) is 0 Å². The van der Waals surface area contributed by atoms with Crippen LogP contribution >= 0.6 is 12.4 Å². The van der Waals surface area contributed by atoms with Gasteiger partial charge in [-0.15, -0.1) is 12.4 Å². The number of benzene rings is 1. The summed E-state index contributed by atoms with van der Waals surface area (Å²) in [5.41, 5.74) is 3.23. The molecule has 0 aromatic heterocycles. The van der Waals surface area contributed by atoms with Crippen LogP contribution in [0.1, 0.15) is 17.2 Å². The minimum absolute atomic E-state index is 0. The molecule has 2 N–H and O–H groups in total. The van der Waals surface area contributed by atoms with E-state index in [9.17, 15) is 22.0 Å². The summed E-state index contributed by atoms with van der Waals surface area (Å²) in [4.78, 5) is 0. The molecule has 1 aromatic carbocycles. The van der Waals surface area contributed by atoms with E-state index in [1.807, 2.05) is 0 Å². The van der Waals surface area contributed by atoms with Crippen LogP contribution in [0.3, 0.4) is 0 Å². The smallest absolute Gasteiger partial charge is 0.322 e. The predicted octanol–water partition coefficient (Wildman–Crippen LogP) is 3.24. The summed E-state index contributed by atoms with van der Waals surface area (Å²) in [6.07, 6.45) is -4.80. The quantitative estimate of drug-likeness (QED) is 0.813. The van der Waals surface area contributed by atoms with Crippen molar-refractivity contribution in [2.24, 2.45) is 5.73 Å². The van der Waals surface area contributed by atoms with E-state index in [2.05, 4.69) is 0 Å². The van der Waals surface area contributed by atoms with Crippen molar-refractivity contribution in [2.75, 3.05) is 6.67 Å². The first-order valence-corrected chi connectivity index (χ1v) is 4.05. The van der Waals surface area contributed by atoms with Gasteiger partial charge in [0.25, 0.3) is 0 Å². The fourth-order valence-corrected chi connectivity index (χ4v) is 1.14. The van der Waals surface area contributed by atoms with Gasteiger partial charge in [-0.25, -0.2) is 8.78 Å². The van der Waals surface area contributed by atoms with E-state index in [4.69, 9.17) is 5.73 Å². The van der Waals surface area contributed by atoms with E-state index < -0.39 is 35.8 Å². The van der Waals surface area contributed by atoms with Gasteiger partial charge in [0.1, 0.15) is 12.5 Å². The molecule has 1 nitrogen and oxygen atoms in total. The van der Waals surface area contributed by atoms with Gasteiger partial charge in [0.15, 0.2) is 0 Å². The lowest BCUT2D eigenvalue weighted by Gasteiger charge is -2.13. The summed E-state index contributed by atoms with van der Waals surface area (Å²) in [5, 5.41) is 0. The molecule has 0 radical (unpaired) electrons. The molecule has 0 heterocycles. The number of halogens is 6. The molecule has 7 heteroatoms. The Bertz CT molecular complexity index is 352. The summed E-state index contributed by atoms with van der Waals surface area (Å²) in [7, 11) is 0. The molecule has 0 aliphatic rings. The molecule has 0 saturated heterocycles. The number of hydrogen-bond acceptors (Lipinski definition) is 1. The van der Waals surface area contributed by atoms with Gasteiger partial charge in [-0.1, -0.05) is 12.1 Å². The second-order valence-electron chi connectivity index (χ2n) is 2.97. The Hall–Kier alpha value is -0.880. The molecule has 0 aliphatic carbocycles. The lowest BCUT2D eigenvalue weighted by molar-refractivity contribution is -0.140. The molecule has 0 bridgehead atoms. The molecule has 1 atom stereocenters. The standard InChI is InChI=1S/C9H8F5N.ClH/c10-4-7(15)5-2-1-3-6(8(5)11)9(12,13)14;/h1-3,7H,4,15H2;1H/t7-;/m0./s1. The summed E-state index contributed by atoms with van der Waals surface area (Å²) in [6, 6.07) is 1.25. The number of alkyl halides is 4. The van der Waals surface area contributed by atoms with Crippen molar-refractivity contribution in [1.82, 2.24) is 0 Å². The summed E-state index contributed by atoms with van der Waals surface area (Å²) < 4.78 is 62.0. The van der Waals surface area contributed by atoms with E-state index in [0.29, 0.717) is 6.07 Å². The van der Waals surface area contributed by atoms with Crippen LogP contribution in [0.5, 0.6) is 0 Å².